The molecule has 8 heteroatoms. The van der Waals surface area contributed by atoms with Crippen LogP contribution < -0.4 is 19.5 Å². The van der Waals surface area contributed by atoms with Gasteiger partial charge in [0.15, 0.2) is 0 Å². The average molecular weight is 477 g/mol. The van der Waals surface area contributed by atoms with Gasteiger partial charge in [0.2, 0.25) is 17.7 Å². The molecule has 0 radical (unpaired) electrons. The number of carbonyl (C=O) groups excluding carboxylic acids is 1. The quantitative estimate of drug-likeness (QED) is 0.399. The van der Waals surface area contributed by atoms with Gasteiger partial charge in [0.05, 0.1) is 20.3 Å². The number of para-hydroxylation sites is 1. The van der Waals surface area contributed by atoms with E-state index in [4.69, 9.17) is 14.2 Å². The van der Waals surface area contributed by atoms with Gasteiger partial charge in [0.25, 0.3) is 0 Å². The van der Waals surface area contributed by atoms with Gasteiger partial charge in [-0.05, 0) is 42.7 Å². The molecule has 1 saturated carbocycles. The Hall–Kier alpha value is -3.81. The van der Waals surface area contributed by atoms with Crippen LogP contribution in [0.4, 0.5) is 10.7 Å². The highest BCUT2D eigenvalue weighted by Crippen LogP contribution is 2.26. The van der Waals surface area contributed by atoms with Gasteiger partial charge in [0.1, 0.15) is 11.5 Å². The number of benzene rings is 2. The lowest BCUT2D eigenvalue weighted by Gasteiger charge is -2.31. The Morgan fingerprint density at radius 2 is 1.49 bits per heavy atom. The van der Waals surface area contributed by atoms with Crippen LogP contribution in [0.1, 0.15) is 44.1 Å². The molecule has 0 aliphatic heterocycles. The van der Waals surface area contributed by atoms with Gasteiger partial charge in [-0.2, -0.15) is 9.97 Å². The van der Waals surface area contributed by atoms with Crippen LogP contribution in [0, 0.1) is 0 Å². The molecule has 0 saturated heterocycles. The molecule has 1 aliphatic rings. The van der Waals surface area contributed by atoms with Crippen molar-refractivity contribution in [1.29, 1.82) is 0 Å². The summed E-state index contributed by atoms with van der Waals surface area (Å²) in [6, 6.07) is 19.0. The first kappa shape index (κ1) is 24.3. The van der Waals surface area contributed by atoms with E-state index in [2.05, 4.69) is 15.3 Å². The van der Waals surface area contributed by atoms with Gasteiger partial charge in [-0.3, -0.25) is 5.32 Å². The fourth-order valence-corrected chi connectivity index (χ4v) is 4.26. The summed E-state index contributed by atoms with van der Waals surface area (Å²) in [4.78, 5) is 23.9. The lowest BCUT2D eigenvalue weighted by Crippen LogP contribution is -2.42. The first-order valence-electron chi connectivity index (χ1n) is 12.0. The zero-order chi connectivity index (χ0) is 24.5. The zero-order valence-electron chi connectivity index (χ0n) is 20.3. The highest BCUT2D eigenvalue weighted by Gasteiger charge is 2.26. The van der Waals surface area contributed by atoms with Crippen molar-refractivity contribution in [1.82, 2.24) is 14.9 Å². The fourth-order valence-electron chi connectivity index (χ4n) is 4.26. The second-order valence-corrected chi connectivity index (χ2v) is 8.54. The van der Waals surface area contributed by atoms with Gasteiger partial charge < -0.3 is 19.1 Å². The van der Waals surface area contributed by atoms with E-state index in [9.17, 15) is 4.79 Å². The molecule has 1 aromatic heterocycles. The lowest BCUT2D eigenvalue weighted by molar-refractivity contribution is 0.175. The molecule has 35 heavy (non-hydrogen) atoms. The Morgan fingerprint density at radius 3 is 2.09 bits per heavy atom. The van der Waals surface area contributed by atoms with E-state index in [0.717, 1.165) is 42.7 Å². The predicted molar refractivity (Wildman–Crippen MR) is 134 cm³/mol. The van der Waals surface area contributed by atoms with Gasteiger partial charge in [-0.1, -0.05) is 56.0 Å². The number of anilines is 1. The number of nitrogens with one attached hydrogen (secondary N) is 1. The van der Waals surface area contributed by atoms with E-state index in [1.165, 1.54) is 27.1 Å². The molecule has 1 aliphatic carbocycles. The van der Waals surface area contributed by atoms with E-state index >= 15 is 0 Å². The Bertz CT molecular complexity index is 1060. The van der Waals surface area contributed by atoms with Crippen molar-refractivity contribution >= 4 is 12.0 Å². The van der Waals surface area contributed by atoms with Crippen molar-refractivity contribution in [2.75, 3.05) is 19.5 Å². The lowest BCUT2D eigenvalue weighted by atomic mass is 10.1. The van der Waals surface area contributed by atoms with Crippen LogP contribution in [-0.4, -0.2) is 41.2 Å². The topological polar surface area (TPSA) is 85.8 Å². The van der Waals surface area contributed by atoms with E-state index < -0.39 is 0 Å². The minimum Gasteiger partial charge on any atom is -0.481 e. The van der Waals surface area contributed by atoms with Crippen molar-refractivity contribution in [2.24, 2.45) is 0 Å². The van der Waals surface area contributed by atoms with Crippen LogP contribution in [0.5, 0.6) is 23.3 Å². The second kappa shape index (κ2) is 12.1. The first-order valence-corrected chi connectivity index (χ1v) is 12.0. The van der Waals surface area contributed by atoms with Crippen molar-refractivity contribution in [3.63, 3.8) is 0 Å². The molecule has 1 fully saturated rings. The third kappa shape index (κ3) is 6.85. The van der Waals surface area contributed by atoms with Crippen LogP contribution in [-0.2, 0) is 6.54 Å². The van der Waals surface area contributed by atoms with Gasteiger partial charge >= 0.3 is 6.03 Å². The number of nitrogens with zero attached hydrogens (tertiary/aromatic N) is 3. The number of hydrogen-bond acceptors (Lipinski definition) is 6. The van der Waals surface area contributed by atoms with Crippen molar-refractivity contribution in [3.8, 4) is 23.3 Å². The third-order valence-electron chi connectivity index (χ3n) is 6.10. The SMILES string of the molecule is COc1cc(OC)nc(NC(=O)N(Cc2ccc(Oc3ccccc3)cc2)C2CCCCCC2)n1. The van der Waals surface area contributed by atoms with Crippen molar-refractivity contribution < 1.29 is 19.0 Å². The van der Waals surface area contributed by atoms with Gasteiger partial charge in [0, 0.05) is 12.6 Å². The third-order valence-corrected chi connectivity index (χ3v) is 6.10. The van der Waals surface area contributed by atoms with E-state index in [0.29, 0.717) is 18.3 Å². The maximum atomic E-state index is 13.5. The first-order chi connectivity index (χ1) is 17.1. The Labute approximate surface area is 206 Å². The summed E-state index contributed by atoms with van der Waals surface area (Å²) < 4.78 is 16.3. The molecule has 2 aromatic carbocycles. The number of ether oxygens (including phenoxy) is 3. The van der Waals surface area contributed by atoms with Crippen LogP contribution in [0.3, 0.4) is 0 Å². The molecule has 3 aromatic rings. The Kier molecular flexibility index (Phi) is 8.38. The molecular weight excluding hydrogens is 444 g/mol. The monoisotopic (exact) mass is 476 g/mol. The van der Waals surface area contributed by atoms with E-state index in [1.807, 2.05) is 59.5 Å². The molecular formula is C27H32N4O4. The maximum Gasteiger partial charge on any atom is 0.324 e. The van der Waals surface area contributed by atoms with E-state index in [-0.39, 0.29) is 18.0 Å². The molecule has 0 bridgehead atoms. The molecule has 0 atom stereocenters. The van der Waals surface area contributed by atoms with Crippen LogP contribution in [0.15, 0.2) is 60.7 Å². The van der Waals surface area contributed by atoms with Crippen LogP contribution in [0.2, 0.25) is 0 Å². The summed E-state index contributed by atoms with van der Waals surface area (Å²) in [5.74, 6) is 2.33. The van der Waals surface area contributed by atoms with E-state index in [1.54, 1.807) is 6.07 Å². The van der Waals surface area contributed by atoms with Crippen LogP contribution in [0.25, 0.3) is 0 Å². The maximum absolute atomic E-state index is 13.5. The molecule has 2 amide bonds. The number of methoxy groups -OCH3 is 2. The molecule has 4 rings (SSSR count). The number of rotatable bonds is 8. The average Bonchev–Trinajstić information content (AvgIpc) is 3.18. The van der Waals surface area contributed by atoms with Crippen molar-refractivity contribution in [2.45, 2.75) is 51.1 Å². The molecule has 1 heterocycles. The van der Waals surface area contributed by atoms with Crippen LogP contribution >= 0.6 is 0 Å². The highest BCUT2D eigenvalue weighted by atomic mass is 16.5. The Morgan fingerprint density at radius 1 is 0.886 bits per heavy atom. The highest BCUT2D eigenvalue weighted by molar-refractivity contribution is 5.87. The number of hydrogen-bond donors (Lipinski definition) is 1. The molecule has 8 nitrogen and oxygen atoms in total. The second-order valence-electron chi connectivity index (χ2n) is 8.54. The minimum absolute atomic E-state index is 0.144. The molecule has 184 valence electrons. The summed E-state index contributed by atoms with van der Waals surface area (Å²) >= 11 is 0. The van der Waals surface area contributed by atoms with Crippen molar-refractivity contribution in [3.05, 3.63) is 66.2 Å². The minimum atomic E-state index is -0.239. The summed E-state index contributed by atoms with van der Waals surface area (Å²) in [6.07, 6.45) is 6.58. The Balaban J connectivity index is 1.51. The number of amides is 2. The summed E-state index contributed by atoms with van der Waals surface area (Å²) in [6.45, 7) is 0.475. The van der Waals surface area contributed by atoms with Gasteiger partial charge in [-0.15, -0.1) is 0 Å². The number of carbonyl (C=O) groups is 1. The summed E-state index contributed by atoms with van der Waals surface area (Å²) in [7, 11) is 3.02. The standard InChI is InChI=1S/C27H32N4O4/c1-33-24-18-25(34-2)29-26(28-24)30-27(32)31(21-10-6-3-4-7-11-21)19-20-14-16-23(17-15-20)35-22-12-8-5-9-13-22/h5,8-9,12-18,21H,3-4,6-7,10-11,19H2,1-2H3,(H,28,29,30,32). The molecule has 0 unspecified atom stereocenters. The molecule has 1 N–H and O–H groups in total. The zero-order valence-corrected chi connectivity index (χ0v) is 20.3. The van der Waals surface area contributed by atoms with Gasteiger partial charge in [-0.25, -0.2) is 4.79 Å². The summed E-state index contributed by atoms with van der Waals surface area (Å²) in [5.41, 5.74) is 1.02. The number of aromatic nitrogens is 2. The fraction of sp³-hybridized carbons (Fsp3) is 0.370. The normalized spacial score (nSPS) is 14.0. The largest absolute Gasteiger partial charge is 0.481 e. The predicted octanol–water partition coefficient (Wildman–Crippen LogP) is 6.04. The number of urea groups is 1. The summed E-state index contributed by atoms with van der Waals surface area (Å²) in [5, 5.41) is 2.85. The smallest absolute Gasteiger partial charge is 0.324 e. The molecule has 0 spiro atoms.